The van der Waals surface area contributed by atoms with E-state index < -0.39 is 23.5 Å². The Hall–Kier alpha value is -0.720. The molecule has 0 unspecified atom stereocenters. The molecule has 7 heteroatoms. The summed E-state index contributed by atoms with van der Waals surface area (Å²) in [6.45, 7) is 3.42. The Morgan fingerprint density at radius 2 is 2.00 bits per heavy atom. The highest BCUT2D eigenvalue weighted by Gasteiger charge is 2.36. The van der Waals surface area contributed by atoms with E-state index in [1.807, 2.05) is 0 Å². The molecular weight excluding hydrogens is 334 g/mol. The third-order valence-corrected chi connectivity index (χ3v) is 2.90. The lowest BCUT2D eigenvalue weighted by Crippen LogP contribution is -2.17. The van der Waals surface area contributed by atoms with Gasteiger partial charge in [0, 0.05) is 11.6 Å². The fraction of sp³-hybridized carbons (Fsp3) is 0.273. The minimum atomic E-state index is -4.55. The minimum absolute atomic E-state index is 0. The Balaban J connectivity index is 0.00000289. The molecule has 3 N–H and O–H groups in total. The van der Waals surface area contributed by atoms with E-state index in [1.165, 1.54) is 6.08 Å². The molecular formula is C11H12BrClF3NO. The Morgan fingerprint density at radius 1 is 1.44 bits per heavy atom. The van der Waals surface area contributed by atoms with Gasteiger partial charge in [0.1, 0.15) is 5.75 Å². The quantitative estimate of drug-likeness (QED) is 0.807. The molecule has 0 aliphatic carbocycles. The number of hydrogen-bond donors (Lipinski definition) is 2. The maximum atomic E-state index is 12.8. The predicted octanol–water partition coefficient (Wildman–Crippen LogP) is 4.17. The van der Waals surface area contributed by atoms with Gasteiger partial charge in [0.05, 0.1) is 10.0 Å². The lowest BCUT2D eigenvalue weighted by Gasteiger charge is -2.19. The van der Waals surface area contributed by atoms with Crippen LogP contribution in [0.5, 0.6) is 5.75 Å². The molecule has 0 saturated carbocycles. The van der Waals surface area contributed by atoms with E-state index in [1.54, 1.807) is 0 Å². The fourth-order valence-corrected chi connectivity index (χ4v) is 1.85. The molecule has 0 aliphatic rings. The SMILES string of the molecule is C=CC[C@@H](N)c1c(C(F)(F)F)ccc(Br)c1O.Cl. The third kappa shape index (κ3) is 3.63. The Bertz CT molecular complexity index is 437. The molecule has 0 fully saturated rings. The van der Waals surface area contributed by atoms with Crippen molar-refractivity contribution in [1.29, 1.82) is 0 Å². The summed E-state index contributed by atoms with van der Waals surface area (Å²) in [5.41, 5.74) is 4.38. The fourth-order valence-electron chi connectivity index (χ4n) is 1.50. The Morgan fingerprint density at radius 3 is 2.44 bits per heavy atom. The number of alkyl halides is 3. The third-order valence-electron chi connectivity index (χ3n) is 2.26. The topological polar surface area (TPSA) is 46.2 Å². The van der Waals surface area contributed by atoms with Gasteiger partial charge in [0.2, 0.25) is 0 Å². The van der Waals surface area contributed by atoms with Crippen molar-refractivity contribution in [3.8, 4) is 5.75 Å². The van der Waals surface area contributed by atoms with Crippen LogP contribution in [0.2, 0.25) is 0 Å². The summed E-state index contributed by atoms with van der Waals surface area (Å²) in [6, 6.07) is 1.09. The molecule has 1 rings (SSSR count). The van der Waals surface area contributed by atoms with Gasteiger partial charge in [0.15, 0.2) is 0 Å². The van der Waals surface area contributed by atoms with Crippen LogP contribution < -0.4 is 5.73 Å². The maximum Gasteiger partial charge on any atom is 0.416 e. The second-order valence-corrected chi connectivity index (χ2v) is 4.34. The number of phenols is 1. The summed E-state index contributed by atoms with van der Waals surface area (Å²) in [4.78, 5) is 0. The van der Waals surface area contributed by atoms with Crippen molar-refractivity contribution in [2.75, 3.05) is 0 Å². The minimum Gasteiger partial charge on any atom is -0.506 e. The van der Waals surface area contributed by atoms with Crippen LogP contribution in [0.1, 0.15) is 23.6 Å². The van der Waals surface area contributed by atoms with Crippen molar-refractivity contribution < 1.29 is 18.3 Å². The van der Waals surface area contributed by atoms with Gasteiger partial charge < -0.3 is 10.8 Å². The van der Waals surface area contributed by atoms with E-state index in [-0.39, 0.29) is 28.9 Å². The van der Waals surface area contributed by atoms with E-state index in [0.717, 1.165) is 12.1 Å². The summed E-state index contributed by atoms with van der Waals surface area (Å²) < 4.78 is 38.4. The highest BCUT2D eigenvalue weighted by Crippen LogP contribution is 2.42. The highest BCUT2D eigenvalue weighted by molar-refractivity contribution is 9.10. The number of nitrogens with two attached hydrogens (primary N) is 1. The van der Waals surface area contributed by atoms with Crippen LogP contribution in [-0.2, 0) is 6.18 Å². The van der Waals surface area contributed by atoms with Gasteiger partial charge in [-0.15, -0.1) is 19.0 Å². The van der Waals surface area contributed by atoms with Crippen molar-refractivity contribution in [3.63, 3.8) is 0 Å². The highest BCUT2D eigenvalue weighted by atomic mass is 79.9. The smallest absolute Gasteiger partial charge is 0.416 e. The van der Waals surface area contributed by atoms with Gasteiger partial charge in [-0.3, -0.25) is 0 Å². The number of benzene rings is 1. The predicted molar refractivity (Wildman–Crippen MR) is 69.8 cm³/mol. The van der Waals surface area contributed by atoms with Gasteiger partial charge in [-0.25, -0.2) is 0 Å². The molecule has 0 bridgehead atoms. The summed E-state index contributed by atoms with van der Waals surface area (Å²) in [6.07, 6.45) is -3.00. The summed E-state index contributed by atoms with van der Waals surface area (Å²) in [5, 5.41) is 9.68. The first-order chi connectivity index (χ1) is 7.79. The van der Waals surface area contributed by atoms with Gasteiger partial charge in [0.25, 0.3) is 0 Å². The molecule has 0 spiro atoms. The Labute approximate surface area is 117 Å². The normalized spacial score (nSPS) is 12.7. The molecule has 102 valence electrons. The second kappa shape index (κ2) is 6.45. The first kappa shape index (κ1) is 17.3. The summed E-state index contributed by atoms with van der Waals surface area (Å²) in [5.74, 6) is -0.478. The molecule has 1 atom stereocenters. The van der Waals surface area contributed by atoms with Crippen molar-refractivity contribution in [1.82, 2.24) is 0 Å². The first-order valence-electron chi connectivity index (χ1n) is 4.74. The molecule has 0 aromatic heterocycles. The van der Waals surface area contributed by atoms with E-state index in [2.05, 4.69) is 22.5 Å². The molecule has 0 heterocycles. The van der Waals surface area contributed by atoms with Crippen LogP contribution >= 0.6 is 28.3 Å². The number of rotatable bonds is 3. The lowest BCUT2D eigenvalue weighted by atomic mass is 9.97. The van der Waals surface area contributed by atoms with E-state index >= 15 is 0 Å². The molecule has 0 amide bonds. The van der Waals surface area contributed by atoms with E-state index in [9.17, 15) is 18.3 Å². The zero-order chi connectivity index (χ0) is 13.2. The zero-order valence-corrected chi connectivity index (χ0v) is 11.6. The standard InChI is InChI=1S/C11H11BrF3NO.ClH/c1-2-3-8(16)9-6(11(13,14)15)4-5-7(12)10(9)17;/h2,4-5,8,17H,1,3,16H2;1H/t8-;/m1./s1. The van der Waals surface area contributed by atoms with Crippen molar-refractivity contribution in [2.45, 2.75) is 18.6 Å². The number of phenolic OH excluding ortho intramolecular Hbond substituents is 1. The van der Waals surface area contributed by atoms with Crippen LogP contribution in [0.15, 0.2) is 29.3 Å². The van der Waals surface area contributed by atoms with Gasteiger partial charge in [-0.1, -0.05) is 6.08 Å². The van der Waals surface area contributed by atoms with Gasteiger partial charge in [-0.2, -0.15) is 13.2 Å². The van der Waals surface area contributed by atoms with E-state index in [4.69, 9.17) is 5.73 Å². The summed E-state index contributed by atoms with van der Waals surface area (Å²) in [7, 11) is 0. The molecule has 0 radical (unpaired) electrons. The number of halogens is 5. The van der Waals surface area contributed by atoms with Crippen LogP contribution in [0.4, 0.5) is 13.2 Å². The second-order valence-electron chi connectivity index (χ2n) is 3.49. The van der Waals surface area contributed by atoms with Gasteiger partial charge in [-0.05, 0) is 34.5 Å². The Kier molecular flexibility index (Phi) is 6.19. The van der Waals surface area contributed by atoms with Crippen molar-refractivity contribution >= 4 is 28.3 Å². The summed E-state index contributed by atoms with van der Waals surface area (Å²) >= 11 is 2.97. The maximum absolute atomic E-state index is 12.8. The van der Waals surface area contributed by atoms with Gasteiger partial charge >= 0.3 is 6.18 Å². The largest absolute Gasteiger partial charge is 0.506 e. The molecule has 1 aromatic carbocycles. The lowest BCUT2D eigenvalue weighted by molar-refractivity contribution is -0.138. The van der Waals surface area contributed by atoms with Crippen LogP contribution in [-0.4, -0.2) is 5.11 Å². The molecule has 0 saturated heterocycles. The van der Waals surface area contributed by atoms with Crippen LogP contribution in [0.25, 0.3) is 0 Å². The van der Waals surface area contributed by atoms with Crippen molar-refractivity contribution in [2.24, 2.45) is 5.73 Å². The number of aromatic hydroxyl groups is 1. The molecule has 1 aromatic rings. The molecule has 2 nitrogen and oxygen atoms in total. The zero-order valence-electron chi connectivity index (χ0n) is 9.17. The molecule has 0 aliphatic heterocycles. The number of hydrogen-bond acceptors (Lipinski definition) is 2. The first-order valence-corrected chi connectivity index (χ1v) is 5.53. The van der Waals surface area contributed by atoms with Crippen LogP contribution in [0, 0.1) is 0 Å². The average Bonchev–Trinajstić information content (AvgIpc) is 2.20. The average molecular weight is 347 g/mol. The monoisotopic (exact) mass is 345 g/mol. The molecule has 18 heavy (non-hydrogen) atoms. The van der Waals surface area contributed by atoms with Crippen molar-refractivity contribution in [3.05, 3.63) is 40.4 Å². The van der Waals surface area contributed by atoms with Crippen LogP contribution in [0.3, 0.4) is 0 Å². The van der Waals surface area contributed by atoms with E-state index in [0.29, 0.717) is 0 Å².